The van der Waals surface area contributed by atoms with Crippen LogP contribution in [0.3, 0.4) is 0 Å². The Morgan fingerprint density at radius 1 is 1.32 bits per heavy atom. The van der Waals surface area contributed by atoms with Gasteiger partial charge in [-0.3, -0.25) is 4.79 Å². The molecule has 0 bridgehead atoms. The van der Waals surface area contributed by atoms with E-state index in [1.165, 1.54) is 4.90 Å². The molecule has 1 aromatic rings. The number of amides is 1. The zero-order chi connectivity index (χ0) is 20.5. The number of likely N-dealkylation sites (tertiary alicyclic amines) is 1. The van der Waals surface area contributed by atoms with Crippen molar-refractivity contribution in [1.29, 1.82) is 0 Å². The summed E-state index contributed by atoms with van der Waals surface area (Å²) in [6, 6.07) is 0.250. The predicted molar refractivity (Wildman–Crippen MR) is 101 cm³/mol. The van der Waals surface area contributed by atoms with Gasteiger partial charge in [-0.25, -0.2) is 9.97 Å². The van der Waals surface area contributed by atoms with Gasteiger partial charge in [0.2, 0.25) is 0 Å². The average Bonchev–Trinajstić information content (AvgIpc) is 3.21. The van der Waals surface area contributed by atoms with Crippen molar-refractivity contribution in [2.45, 2.75) is 51.4 Å². The van der Waals surface area contributed by atoms with Crippen LogP contribution in [-0.4, -0.2) is 81.7 Å². The monoisotopic (exact) mass is 393 g/mol. The summed E-state index contributed by atoms with van der Waals surface area (Å²) in [4.78, 5) is 21.9. The number of aromatic nitrogens is 2. The molecule has 0 unspecified atom stereocenters. The smallest absolute Gasteiger partial charge is 0.463 e. The molecule has 2 fully saturated rings. The van der Waals surface area contributed by atoms with E-state index in [4.69, 9.17) is 19.2 Å². The van der Waals surface area contributed by atoms with Gasteiger partial charge in [-0.05, 0) is 34.1 Å². The van der Waals surface area contributed by atoms with Crippen molar-refractivity contribution in [3.05, 3.63) is 12.4 Å². The Hall–Kier alpha value is -1.75. The standard InChI is InChI=1S/C18H28BN3O6/c1-17(2)18(3,4)28-19(27-17)13-7-20-16(21-8-13)26-11-12-5-6-22(9-12)15(25)14(24)10-23/h7-8,12,14,23-24H,5-6,9-11H2,1-4H3/t12-,14+/m0/s1. The van der Waals surface area contributed by atoms with E-state index >= 15 is 0 Å². The zero-order valence-electron chi connectivity index (χ0n) is 16.8. The normalized spacial score (nSPS) is 24.4. The van der Waals surface area contributed by atoms with Crippen molar-refractivity contribution >= 4 is 18.5 Å². The Bertz CT molecular complexity index is 683. The number of nitrogens with zero attached hydrogens (tertiary/aromatic N) is 3. The van der Waals surface area contributed by atoms with Gasteiger partial charge in [0.25, 0.3) is 5.91 Å². The Morgan fingerprint density at radius 2 is 1.93 bits per heavy atom. The molecular weight excluding hydrogens is 365 g/mol. The number of rotatable bonds is 6. The SMILES string of the molecule is CC1(C)OB(c2cnc(OC[C@H]3CCN(C(=O)[C@H](O)CO)C3)nc2)OC1(C)C. The molecule has 2 aliphatic rings. The average molecular weight is 393 g/mol. The molecule has 10 heteroatoms. The molecule has 0 saturated carbocycles. The molecule has 2 aliphatic heterocycles. The maximum absolute atomic E-state index is 11.9. The van der Waals surface area contributed by atoms with Crippen LogP contribution < -0.4 is 10.2 Å². The molecule has 0 aromatic carbocycles. The van der Waals surface area contributed by atoms with E-state index in [1.54, 1.807) is 12.4 Å². The van der Waals surface area contributed by atoms with Gasteiger partial charge < -0.3 is 29.2 Å². The highest BCUT2D eigenvalue weighted by molar-refractivity contribution is 6.61. The van der Waals surface area contributed by atoms with E-state index < -0.39 is 36.9 Å². The molecule has 1 amide bonds. The third-order valence-electron chi connectivity index (χ3n) is 5.68. The topological polar surface area (TPSA) is 114 Å². The number of ether oxygens (including phenoxy) is 1. The largest absolute Gasteiger partial charge is 0.498 e. The summed E-state index contributed by atoms with van der Waals surface area (Å²) in [5.74, 6) is -0.325. The van der Waals surface area contributed by atoms with E-state index in [1.807, 2.05) is 27.7 Å². The molecule has 28 heavy (non-hydrogen) atoms. The first-order valence-electron chi connectivity index (χ1n) is 9.51. The third kappa shape index (κ3) is 4.30. The lowest BCUT2D eigenvalue weighted by molar-refractivity contribution is -0.141. The van der Waals surface area contributed by atoms with E-state index in [0.29, 0.717) is 19.7 Å². The van der Waals surface area contributed by atoms with Gasteiger partial charge in [-0.2, -0.15) is 0 Å². The number of hydrogen-bond donors (Lipinski definition) is 2. The molecule has 3 heterocycles. The summed E-state index contributed by atoms with van der Waals surface area (Å²) >= 11 is 0. The Labute approximate surface area is 165 Å². The molecule has 2 saturated heterocycles. The summed E-state index contributed by atoms with van der Waals surface area (Å²) in [5, 5.41) is 18.3. The second-order valence-corrected chi connectivity index (χ2v) is 8.34. The van der Waals surface area contributed by atoms with Crippen LogP contribution in [-0.2, 0) is 14.1 Å². The molecule has 0 aliphatic carbocycles. The van der Waals surface area contributed by atoms with Gasteiger partial charge in [0.15, 0.2) is 6.10 Å². The highest BCUT2D eigenvalue weighted by Gasteiger charge is 2.52. The summed E-state index contributed by atoms with van der Waals surface area (Å²) in [6.07, 6.45) is 2.67. The Morgan fingerprint density at radius 3 is 2.50 bits per heavy atom. The minimum atomic E-state index is -1.36. The molecule has 0 spiro atoms. The molecule has 2 atom stereocenters. The van der Waals surface area contributed by atoms with Gasteiger partial charge in [0.05, 0.1) is 24.4 Å². The van der Waals surface area contributed by atoms with E-state index in [0.717, 1.165) is 11.9 Å². The van der Waals surface area contributed by atoms with Gasteiger partial charge in [-0.1, -0.05) is 0 Å². The summed E-state index contributed by atoms with van der Waals surface area (Å²) in [7, 11) is -0.522. The van der Waals surface area contributed by atoms with Gasteiger partial charge >= 0.3 is 13.1 Å². The van der Waals surface area contributed by atoms with Crippen molar-refractivity contribution in [2.75, 3.05) is 26.3 Å². The van der Waals surface area contributed by atoms with Crippen LogP contribution in [0.2, 0.25) is 0 Å². The summed E-state index contributed by atoms with van der Waals surface area (Å²) in [6.45, 7) is 8.75. The number of aliphatic hydroxyl groups is 2. The van der Waals surface area contributed by atoms with Crippen LogP contribution in [0, 0.1) is 5.92 Å². The fraction of sp³-hybridized carbons (Fsp3) is 0.722. The molecule has 1 aromatic heterocycles. The number of hydrogen-bond acceptors (Lipinski definition) is 8. The molecule has 154 valence electrons. The van der Waals surface area contributed by atoms with Crippen molar-refractivity contribution < 1.29 is 29.1 Å². The third-order valence-corrected chi connectivity index (χ3v) is 5.68. The molecule has 3 rings (SSSR count). The van der Waals surface area contributed by atoms with E-state index in [2.05, 4.69) is 9.97 Å². The van der Waals surface area contributed by atoms with Crippen LogP contribution >= 0.6 is 0 Å². The van der Waals surface area contributed by atoms with Gasteiger partial charge in [0.1, 0.15) is 0 Å². The van der Waals surface area contributed by atoms with Crippen molar-refractivity contribution in [2.24, 2.45) is 5.92 Å². The van der Waals surface area contributed by atoms with E-state index in [9.17, 15) is 9.90 Å². The second-order valence-electron chi connectivity index (χ2n) is 8.34. The highest BCUT2D eigenvalue weighted by atomic mass is 16.7. The van der Waals surface area contributed by atoms with Gasteiger partial charge in [-0.15, -0.1) is 0 Å². The molecular formula is C18H28BN3O6. The quantitative estimate of drug-likeness (QED) is 0.614. The zero-order valence-corrected chi connectivity index (χ0v) is 16.8. The predicted octanol–water partition coefficient (Wildman–Crippen LogP) is -0.644. The van der Waals surface area contributed by atoms with Crippen molar-refractivity contribution in [3.63, 3.8) is 0 Å². The number of aliphatic hydroxyl groups excluding tert-OH is 2. The van der Waals surface area contributed by atoms with Crippen LogP contribution in [0.25, 0.3) is 0 Å². The maximum Gasteiger partial charge on any atom is 0.498 e. The Kier molecular flexibility index (Phi) is 5.95. The van der Waals surface area contributed by atoms with Crippen LogP contribution in [0.4, 0.5) is 0 Å². The first kappa shape index (κ1) is 21.0. The number of carbonyl (C=O) groups is 1. The second kappa shape index (κ2) is 7.94. The molecule has 9 nitrogen and oxygen atoms in total. The minimum Gasteiger partial charge on any atom is -0.463 e. The summed E-state index contributed by atoms with van der Waals surface area (Å²) in [5.41, 5.74) is -0.133. The molecule has 0 radical (unpaired) electrons. The highest BCUT2D eigenvalue weighted by Crippen LogP contribution is 2.36. The van der Waals surface area contributed by atoms with E-state index in [-0.39, 0.29) is 11.9 Å². The fourth-order valence-corrected chi connectivity index (χ4v) is 3.15. The van der Waals surface area contributed by atoms with Crippen molar-refractivity contribution in [1.82, 2.24) is 14.9 Å². The lowest BCUT2D eigenvalue weighted by Gasteiger charge is -2.32. The lowest BCUT2D eigenvalue weighted by Crippen LogP contribution is -2.41. The lowest BCUT2D eigenvalue weighted by atomic mass is 9.81. The fourth-order valence-electron chi connectivity index (χ4n) is 3.15. The maximum atomic E-state index is 11.9. The van der Waals surface area contributed by atoms with Crippen molar-refractivity contribution in [3.8, 4) is 6.01 Å². The molecule has 2 N–H and O–H groups in total. The first-order chi connectivity index (χ1) is 13.1. The summed E-state index contributed by atoms with van der Waals surface area (Å²) < 4.78 is 17.6. The van der Waals surface area contributed by atoms with Crippen LogP contribution in [0.5, 0.6) is 6.01 Å². The van der Waals surface area contributed by atoms with Gasteiger partial charge in [0, 0.05) is 36.9 Å². The van der Waals surface area contributed by atoms with Crippen LogP contribution in [0.1, 0.15) is 34.1 Å². The minimum absolute atomic E-state index is 0.126. The van der Waals surface area contributed by atoms with Crippen LogP contribution in [0.15, 0.2) is 12.4 Å². The first-order valence-corrected chi connectivity index (χ1v) is 9.51. The number of carbonyl (C=O) groups excluding carboxylic acids is 1. The Balaban J connectivity index is 1.50.